The molecule has 2 atom stereocenters. The van der Waals surface area contributed by atoms with Crippen molar-refractivity contribution >= 4 is 33.1 Å². The van der Waals surface area contributed by atoms with Gasteiger partial charge in [0.1, 0.15) is 0 Å². The normalized spacial score (nSPS) is 21.9. The van der Waals surface area contributed by atoms with Crippen LogP contribution in [0.3, 0.4) is 0 Å². The molecular formula is C20H13BrN2O. The minimum Gasteiger partial charge on any atom is -0.289 e. The number of carbonyl (C=O) groups is 1. The summed E-state index contributed by atoms with van der Waals surface area (Å²) in [5.74, 6) is -0.738. The van der Waals surface area contributed by atoms with Crippen LogP contribution in [0.15, 0.2) is 63.6 Å². The smallest absolute Gasteiger partial charge is 0.192 e. The maximum Gasteiger partial charge on any atom is 0.192 e. The van der Waals surface area contributed by atoms with Crippen LogP contribution in [0.5, 0.6) is 0 Å². The Morgan fingerprint density at radius 1 is 1.12 bits per heavy atom. The number of Topliss-reactive ketones (excluding diaryl/α,β-unsaturated/α-hetero) is 1. The molecule has 1 aliphatic heterocycles. The third-order valence-electron chi connectivity index (χ3n) is 4.66. The topological polar surface area (TPSA) is 53.2 Å². The fraction of sp³-hybridized carbons (Fsp3) is 0.150. The lowest BCUT2D eigenvalue weighted by molar-refractivity contribution is 0.103. The molecule has 0 radical (unpaired) electrons. The van der Waals surface area contributed by atoms with Crippen LogP contribution < -0.4 is 0 Å². The largest absolute Gasteiger partial charge is 0.289 e. The van der Waals surface area contributed by atoms with Crippen molar-refractivity contribution in [2.24, 2.45) is 10.9 Å². The van der Waals surface area contributed by atoms with E-state index in [1.807, 2.05) is 55.5 Å². The van der Waals surface area contributed by atoms with Gasteiger partial charge in [0.2, 0.25) is 0 Å². The Kier molecular flexibility index (Phi) is 3.47. The summed E-state index contributed by atoms with van der Waals surface area (Å²) in [6, 6.07) is 17.7. The van der Waals surface area contributed by atoms with Gasteiger partial charge in [0.05, 0.1) is 17.7 Å². The van der Waals surface area contributed by atoms with E-state index in [1.54, 1.807) is 0 Å². The number of benzene rings is 2. The summed E-state index contributed by atoms with van der Waals surface area (Å²) in [6.07, 6.45) is 0. The number of halogens is 1. The molecule has 0 aromatic heterocycles. The van der Waals surface area contributed by atoms with Crippen molar-refractivity contribution in [1.29, 1.82) is 5.26 Å². The van der Waals surface area contributed by atoms with Gasteiger partial charge in [0, 0.05) is 32.8 Å². The van der Waals surface area contributed by atoms with Gasteiger partial charge in [-0.25, -0.2) is 0 Å². The molecule has 0 spiro atoms. The number of hydrogen-bond acceptors (Lipinski definition) is 3. The number of nitriles is 1. The van der Waals surface area contributed by atoms with Gasteiger partial charge in [-0.3, -0.25) is 9.79 Å². The molecule has 1 unspecified atom stereocenters. The third kappa shape index (κ3) is 2.09. The lowest BCUT2D eigenvalue weighted by Gasteiger charge is -2.27. The van der Waals surface area contributed by atoms with Crippen molar-refractivity contribution < 1.29 is 4.79 Å². The number of rotatable bonds is 1. The highest BCUT2D eigenvalue weighted by Crippen LogP contribution is 2.47. The molecule has 0 bridgehead atoms. The van der Waals surface area contributed by atoms with Crippen LogP contribution in [0.2, 0.25) is 0 Å². The average molecular weight is 377 g/mol. The first-order chi connectivity index (χ1) is 11.6. The Balaban J connectivity index is 1.98. The SMILES string of the molecule is CC1=NC2=C(C(=O)c3ccccc32)[C@@H](c2cccc(Br)c2)C1C#N. The molecule has 1 aliphatic carbocycles. The number of carbonyl (C=O) groups excluding carboxylic acids is 1. The predicted octanol–water partition coefficient (Wildman–Crippen LogP) is 4.75. The minimum atomic E-state index is -0.434. The van der Waals surface area contributed by atoms with Crippen molar-refractivity contribution in [2.75, 3.05) is 0 Å². The number of allylic oxidation sites excluding steroid dienone is 1. The van der Waals surface area contributed by atoms with Crippen LogP contribution in [0.4, 0.5) is 0 Å². The highest BCUT2D eigenvalue weighted by molar-refractivity contribution is 9.10. The van der Waals surface area contributed by atoms with Crippen molar-refractivity contribution in [3.05, 3.63) is 75.3 Å². The molecule has 0 amide bonds. The molecule has 24 heavy (non-hydrogen) atoms. The summed E-state index contributed by atoms with van der Waals surface area (Å²) in [4.78, 5) is 17.6. The molecule has 0 saturated carbocycles. The van der Waals surface area contributed by atoms with E-state index in [9.17, 15) is 10.1 Å². The van der Waals surface area contributed by atoms with Gasteiger partial charge in [-0.2, -0.15) is 5.26 Å². The predicted molar refractivity (Wildman–Crippen MR) is 96.8 cm³/mol. The Labute approximate surface area is 148 Å². The number of hydrogen-bond donors (Lipinski definition) is 0. The van der Waals surface area contributed by atoms with Gasteiger partial charge in [-0.05, 0) is 24.6 Å². The van der Waals surface area contributed by atoms with Gasteiger partial charge >= 0.3 is 0 Å². The standard InChI is InChI=1S/C20H13BrN2O/c1-11-16(10-22)17(12-5-4-6-13(21)9-12)18-19(23-11)14-7-2-3-8-15(14)20(18)24/h2-9,16-17H,1H3/t16?,17-/m0/s1. The zero-order valence-electron chi connectivity index (χ0n) is 13.0. The van der Waals surface area contributed by atoms with Crippen molar-refractivity contribution in [3.63, 3.8) is 0 Å². The summed E-state index contributed by atoms with van der Waals surface area (Å²) in [6.45, 7) is 1.87. The molecule has 4 heteroatoms. The molecule has 2 aliphatic rings. The lowest BCUT2D eigenvalue weighted by atomic mass is 9.76. The van der Waals surface area contributed by atoms with E-state index in [4.69, 9.17) is 0 Å². The fourth-order valence-electron chi connectivity index (χ4n) is 3.58. The maximum absolute atomic E-state index is 13.0. The van der Waals surface area contributed by atoms with Crippen molar-refractivity contribution in [1.82, 2.24) is 0 Å². The zero-order valence-corrected chi connectivity index (χ0v) is 14.5. The van der Waals surface area contributed by atoms with E-state index >= 15 is 0 Å². The summed E-state index contributed by atoms with van der Waals surface area (Å²) < 4.78 is 0.932. The van der Waals surface area contributed by atoms with Crippen LogP contribution in [0, 0.1) is 17.2 Å². The second-order valence-electron chi connectivity index (χ2n) is 6.03. The average Bonchev–Trinajstić information content (AvgIpc) is 2.86. The summed E-state index contributed by atoms with van der Waals surface area (Å²) >= 11 is 3.49. The summed E-state index contributed by atoms with van der Waals surface area (Å²) in [5.41, 5.74) is 4.63. The van der Waals surface area contributed by atoms with Crippen LogP contribution in [0.1, 0.15) is 34.3 Å². The molecule has 2 aromatic carbocycles. The fourth-order valence-corrected chi connectivity index (χ4v) is 3.99. The monoisotopic (exact) mass is 376 g/mol. The number of ketones is 1. The number of fused-ring (bicyclic) bond motifs is 2. The van der Waals surface area contributed by atoms with E-state index in [1.165, 1.54) is 0 Å². The van der Waals surface area contributed by atoms with E-state index in [2.05, 4.69) is 27.0 Å². The Bertz CT molecular complexity index is 981. The molecule has 2 aromatic rings. The molecule has 0 fully saturated rings. The summed E-state index contributed by atoms with van der Waals surface area (Å²) in [7, 11) is 0. The summed E-state index contributed by atoms with van der Waals surface area (Å²) in [5, 5.41) is 9.71. The van der Waals surface area contributed by atoms with E-state index < -0.39 is 5.92 Å². The number of nitrogens with zero attached hydrogens (tertiary/aromatic N) is 2. The second-order valence-corrected chi connectivity index (χ2v) is 6.95. The van der Waals surface area contributed by atoms with Gasteiger partial charge in [0.25, 0.3) is 0 Å². The lowest BCUT2D eigenvalue weighted by Crippen LogP contribution is -2.26. The molecule has 0 N–H and O–H groups in total. The van der Waals surface area contributed by atoms with E-state index in [-0.39, 0.29) is 11.7 Å². The quantitative estimate of drug-likeness (QED) is 0.720. The maximum atomic E-state index is 13.0. The minimum absolute atomic E-state index is 0.0120. The Morgan fingerprint density at radius 2 is 1.88 bits per heavy atom. The second kappa shape index (κ2) is 5.54. The molecular weight excluding hydrogens is 364 g/mol. The first kappa shape index (κ1) is 15.0. The molecule has 3 nitrogen and oxygen atoms in total. The molecule has 4 rings (SSSR count). The Hall–Kier alpha value is -2.51. The highest BCUT2D eigenvalue weighted by atomic mass is 79.9. The van der Waals surface area contributed by atoms with Crippen LogP contribution in [-0.4, -0.2) is 11.5 Å². The number of aliphatic imine (C=N–C) groups is 1. The first-order valence-electron chi connectivity index (χ1n) is 7.70. The molecule has 1 heterocycles. The van der Waals surface area contributed by atoms with Crippen molar-refractivity contribution in [3.8, 4) is 6.07 Å². The van der Waals surface area contributed by atoms with Crippen LogP contribution in [0.25, 0.3) is 5.70 Å². The van der Waals surface area contributed by atoms with Gasteiger partial charge in [0.15, 0.2) is 5.78 Å². The zero-order chi connectivity index (χ0) is 16.8. The van der Waals surface area contributed by atoms with Gasteiger partial charge < -0.3 is 0 Å². The van der Waals surface area contributed by atoms with E-state index in [0.29, 0.717) is 11.1 Å². The van der Waals surface area contributed by atoms with Crippen molar-refractivity contribution in [2.45, 2.75) is 12.8 Å². The molecule has 0 saturated heterocycles. The van der Waals surface area contributed by atoms with Crippen LogP contribution in [-0.2, 0) is 0 Å². The van der Waals surface area contributed by atoms with Crippen LogP contribution >= 0.6 is 15.9 Å². The Morgan fingerprint density at radius 3 is 2.58 bits per heavy atom. The van der Waals surface area contributed by atoms with E-state index in [0.717, 1.165) is 27.0 Å². The highest BCUT2D eigenvalue weighted by Gasteiger charge is 2.42. The first-order valence-corrected chi connectivity index (χ1v) is 8.49. The molecule has 116 valence electrons. The third-order valence-corrected chi connectivity index (χ3v) is 5.15. The van der Waals surface area contributed by atoms with Gasteiger partial charge in [-0.1, -0.05) is 52.3 Å². The van der Waals surface area contributed by atoms with Gasteiger partial charge in [-0.15, -0.1) is 0 Å².